The van der Waals surface area contributed by atoms with Gasteiger partial charge < -0.3 is 14.8 Å². The number of likely N-dealkylation sites (tertiary alicyclic amines) is 1. The fraction of sp³-hybridized carbons (Fsp3) is 0.524. The summed E-state index contributed by atoms with van der Waals surface area (Å²) in [5.41, 5.74) is 1.87. The van der Waals surface area contributed by atoms with Crippen LogP contribution in [-0.2, 0) is 11.3 Å². The average molecular weight is 404 g/mol. The number of nitrogens with one attached hydrogen (secondary N) is 1. The van der Waals surface area contributed by atoms with Crippen LogP contribution < -0.4 is 10.1 Å². The van der Waals surface area contributed by atoms with Gasteiger partial charge in [0.1, 0.15) is 15.6 Å². The third kappa shape index (κ3) is 4.90. The summed E-state index contributed by atoms with van der Waals surface area (Å²) in [7, 11) is 3.33. The van der Waals surface area contributed by atoms with Crippen LogP contribution in [0, 0.1) is 6.92 Å². The Morgan fingerprint density at radius 1 is 1.25 bits per heavy atom. The first-order valence-corrected chi connectivity index (χ1v) is 10.6. The summed E-state index contributed by atoms with van der Waals surface area (Å²) in [6.45, 7) is 4.91. The fourth-order valence-corrected chi connectivity index (χ4v) is 4.68. The van der Waals surface area contributed by atoms with E-state index in [-0.39, 0.29) is 11.9 Å². The van der Waals surface area contributed by atoms with Crippen LogP contribution in [0.1, 0.15) is 51.2 Å². The van der Waals surface area contributed by atoms with Crippen molar-refractivity contribution in [3.05, 3.63) is 45.4 Å². The van der Waals surface area contributed by atoms with Crippen molar-refractivity contribution in [2.45, 2.75) is 38.8 Å². The van der Waals surface area contributed by atoms with E-state index in [2.05, 4.69) is 21.3 Å². The summed E-state index contributed by atoms with van der Waals surface area (Å²) in [4.78, 5) is 20.4. The Kier molecular flexibility index (Phi) is 7.42. The van der Waals surface area contributed by atoms with Crippen molar-refractivity contribution >= 4 is 17.2 Å². The fourth-order valence-electron chi connectivity index (χ4n) is 3.73. The first-order chi connectivity index (χ1) is 13.6. The summed E-state index contributed by atoms with van der Waals surface area (Å²) >= 11 is 1.40. The molecule has 1 aliphatic heterocycles. The number of aryl methyl sites for hydroxylation is 1. The van der Waals surface area contributed by atoms with Crippen LogP contribution in [0.4, 0.5) is 0 Å². The summed E-state index contributed by atoms with van der Waals surface area (Å²) in [5, 5.41) is 3.96. The van der Waals surface area contributed by atoms with Crippen LogP contribution >= 0.6 is 11.3 Å². The minimum Gasteiger partial charge on any atom is -0.496 e. The molecule has 1 unspecified atom stereocenters. The second kappa shape index (κ2) is 10.0. The molecule has 2 aromatic rings. The highest BCUT2D eigenvalue weighted by molar-refractivity contribution is 7.13. The molecule has 1 amide bonds. The zero-order valence-corrected chi connectivity index (χ0v) is 17.7. The molecule has 1 aromatic carbocycles. The number of rotatable bonds is 8. The number of nitrogens with zero attached hydrogens (tertiary/aromatic N) is 2. The second-order valence-corrected chi connectivity index (χ2v) is 8.10. The predicted octanol–water partition coefficient (Wildman–Crippen LogP) is 3.56. The standard InChI is InChI=1S/C21H29N3O3S/c1-15-20(28-19(23-15)14-26-2)21(25)22-13-17(24-11-7-4-8-12-24)16-9-5-6-10-18(16)27-3/h5-6,9-10,17H,4,7-8,11-14H2,1-3H3,(H,22,25). The van der Waals surface area contributed by atoms with Crippen molar-refractivity contribution in [3.63, 3.8) is 0 Å². The molecule has 1 aromatic heterocycles. The Balaban J connectivity index is 1.77. The van der Waals surface area contributed by atoms with Crippen LogP contribution in [-0.4, -0.2) is 49.6 Å². The Hall–Kier alpha value is -1.96. The van der Waals surface area contributed by atoms with Crippen molar-refractivity contribution in [2.75, 3.05) is 33.9 Å². The maximum absolute atomic E-state index is 12.8. The van der Waals surface area contributed by atoms with Gasteiger partial charge in [0.15, 0.2) is 0 Å². The molecule has 7 heteroatoms. The lowest BCUT2D eigenvalue weighted by Gasteiger charge is -2.35. The number of amides is 1. The molecule has 6 nitrogen and oxygen atoms in total. The maximum atomic E-state index is 12.8. The number of hydrogen-bond acceptors (Lipinski definition) is 6. The number of benzene rings is 1. The van der Waals surface area contributed by atoms with Gasteiger partial charge in [0.05, 0.1) is 25.5 Å². The van der Waals surface area contributed by atoms with Gasteiger partial charge in [-0.05, 0) is 38.9 Å². The van der Waals surface area contributed by atoms with E-state index in [4.69, 9.17) is 9.47 Å². The van der Waals surface area contributed by atoms with E-state index in [1.165, 1.54) is 30.6 Å². The third-order valence-electron chi connectivity index (χ3n) is 5.10. The van der Waals surface area contributed by atoms with Crippen LogP contribution in [0.5, 0.6) is 5.75 Å². The van der Waals surface area contributed by atoms with Crippen molar-refractivity contribution in [1.82, 2.24) is 15.2 Å². The SMILES string of the molecule is COCc1nc(C)c(C(=O)NCC(c2ccccc2OC)N2CCCCC2)s1. The lowest BCUT2D eigenvalue weighted by Crippen LogP contribution is -2.40. The Bertz CT molecular complexity index is 787. The molecule has 152 valence electrons. The number of methoxy groups -OCH3 is 2. The number of aromatic nitrogens is 1. The Morgan fingerprint density at radius 2 is 2.00 bits per heavy atom. The molecule has 0 saturated carbocycles. The van der Waals surface area contributed by atoms with E-state index in [0.29, 0.717) is 18.0 Å². The molecule has 1 saturated heterocycles. The van der Waals surface area contributed by atoms with Gasteiger partial charge in [0.2, 0.25) is 0 Å². The molecule has 0 radical (unpaired) electrons. The number of carbonyl (C=O) groups excluding carboxylic acids is 1. The highest BCUT2D eigenvalue weighted by atomic mass is 32.1. The van der Waals surface area contributed by atoms with Crippen LogP contribution in [0.2, 0.25) is 0 Å². The minimum atomic E-state index is -0.0748. The van der Waals surface area contributed by atoms with Crippen LogP contribution in [0.3, 0.4) is 0 Å². The topological polar surface area (TPSA) is 63.7 Å². The van der Waals surface area contributed by atoms with Crippen molar-refractivity contribution in [2.24, 2.45) is 0 Å². The molecule has 0 spiro atoms. The molecule has 0 aliphatic carbocycles. The van der Waals surface area contributed by atoms with Crippen molar-refractivity contribution in [3.8, 4) is 5.75 Å². The number of para-hydroxylation sites is 1. The predicted molar refractivity (Wildman–Crippen MR) is 111 cm³/mol. The van der Waals surface area contributed by atoms with Gasteiger partial charge in [0.25, 0.3) is 5.91 Å². The molecule has 1 atom stereocenters. The molecule has 1 N–H and O–H groups in total. The molecule has 1 aliphatic rings. The number of thiazole rings is 1. The third-order valence-corrected chi connectivity index (χ3v) is 6.23. The Labute approximate surface area is 170 Å². The molecule has 28 heavy (non-hydrogen) atoms. The minimum absolute atomic E-state index is 0.0748. The molecule has 3 rings (SSSR count). The first kappa shape index (κ1) is 20.8. The van der Waals surface area contributed by atoms with E-state index in [0.717, 1.165) is 35.1 Å². The Morgan fingerprint density at radius 3 is 2.71 bits per heavy atom. The summed E-state index contributed by atoms with van der Waals surface area (Å²) < 4.78 is 10.7. The quantitative estimate of drug-likeness (QED) is 0.730. The first-order valence-electron chi connectivity index (χ1n) is 9.74. The smallest absolute Gasteiger partial charge is 0.263 e. The van der Waals surface area contributed by atoms with E-state index in [1.807, 2.05) is 25.1 Å². The second-order valence-electron chi connectivity index (χ2n) is 7.02. The monoisotopic (exact) mass is 403 g/mol. The highest BCUT2D eigenvalue weighted by Crippen LogP contribution is 2.31. The van der Waals surface area contributed by atoms with Crippen molar-refractivity contribution in [1.29, 1.82) is 0 Å². The van der Waals surface area contributed by atoms with E-state index < -0.39 is 0 Å². The molecular formula is C21H29N3O3S. The van der Waals surface area contributed by atoms with Gasteiger partial charge in [-0.15, -0.1) is 11.3 Å². The van der Waals surface area contributed by atoms with Gasteiger partial charge >= 0.3 is 0 Å². The lowest BCUT2D eigenvalue weighted by molar-refractivity contribution is 0.0926. The summed E-state index contributed by atoms with van der Waals surface area (Å²) in [6.07, 6.45) is 3.64. The summed E-state index contributed by atoms with van der Waals surface area (Å²) in [5.74, 6) is 0.790. The zero-order chi connectivity index (χ0) is 19.9. The summed E-state index contributed by atoms with van der Waals surface area (Å²) in [6, 6.07) is 8.18. The normalized spacial score (nSPS) is 16.0. The average Bonchev–Trinajstić information content (AvgIpc) is 3.09. The molecular weight excluding hydrogens is 374 g/mol. The number of ether oxygens (including phenoxy) is 2. The maximum Gasteiger partial charge on any atom is 0.263 e. The van der Waals surface area contributed by atoms with Crippen LogP contribution in [0.25, 0.3) is 0 Å². The largest absolute Gasteiger partial charge is 0.496 e. The lowest BCUT2D eigenvalue weighted by atomic mass is 10.0. The van der Waals surface area contributed by atoms with Crippen molar-refractivity contribution < 1.29 is 14.3 Å². The van der Waals surface area contributed by atoms with E-state index >= 15 is 0 Å². The highest BCUT2D eigenvalue weighted by Gasteiger charge is 2.26. The van der Waals surface area contributed by atoms with Gasteiger partial charge in [0, 0.05) is 19.2 Å². The van der Waals surface area contributed by atoms with Gasteiger partial charge in [-0.3, -0.25) is 9.69 Å². The zero-order valence-electron chi connectivity index (χ0n) is 16.9. The number of hydrogen-bond donors (Lipinski definition) is 1. The van der Waals surface area contributed by atoms with Crippen LogP contribution in [0.15, 0.2) is 24.3 Å². The van der Waals surface area contributed by atoms with Gasteiger partial charge in [-0.2, -0.15) is 0 Å². The van der Waals surface area contributed by atoms with Gasteiger partial charge in [-0.1, -0.05) is 24.6 Å². The molecule has 1 fully saturated rings. The number of carbonyl (C=O) groups is 1. The molecule has 0 bridgehead atoms. The van der Waals surface area contributed by atoms with E-state index in [9.17, 15) is 4.79 Å². The molecule has 2 heterocycles. The van der Waals surface area contributed by atoms with Gasteiger partial charge in [-0.25, -0.2) is 4.98 Å². The number of piperidine rings is 1. The van der Waals surface area contributed by atoms with E-state index in [1.54, 1.807) is 14.2 Å².